The number of guanidine groups is 1. The average molecular weight is 474 g/mol. The zero-order valence-electron chi connectivity index (χ0n) is 16.1. The minimum Gasteiger partial charge on any atom is -0.357 e. The molecule has 2 N–H and O–H groups in total. The van der Waals surface area contributed by atoms with Crippen LogP contribution in [0.4, 0.5) is 0 Å². The molecule has 5 nitrogen and oxygen atoms in total. The number of halogens is 1. The molecule has 0 aromatic heterocycles. The quantitative estimate of drug-likeness (QED) is 0.268. The van der Waals surface area contributed by atoms with Crippen molar-refractivity contribution < 1.29 is 4.79 Å². The smallest absolute Gasteiger partial charge is 0.225 e. The van der Waals surface area contributed by atoms with Gasteiger partial charge in [-0.3, -0.25) is 9.79 Å². The van der Waals surface area contributed by atoms with Crippen LogP contribution in [0.3, 0.4) is 0 Å². The fourth-order valence-electron chi connectivity index (χ4n) is 4.30. The molecule has 0 radical (unpaired) electrons. The Balaban J connectivity index is 0.00000243. The second kappa shape index (κ2) is 11.1. The second-order valence-corrected chi connectivity index (χ2v) is 7.66. The summed E-state index contributed by atoms with van der Waals surface area (Å²) in [5.41, 5.74) is 1.56. The Kier molecular flexibility index (Phi) is 9.22. The lowest BCUT2D eigenvalue weighted by atomic mass is 10.1. The number of nitrogens with zero attached hydrogens (tertiary/aromatic N) is 2. The lowest BCUT2D eigenvalue weighted by Gasteiger charge is -2.21. The Morgan fingerprint density at radius 2 is 2.08 bits per heavy atom. The van der Waals surface area contributed by atoms with Crippen molar-refractivity contribution in [3.63, 3.8) is 0 Å². The van der Waals surface area contributed by atoms with Crippen LogP contribution < -0.4 is 10.6 Å². The maximum Gasteiger partial charge on any atom is 0.225 e. The predicted molar refractivity (Wildman–Crippen MR) is 118 cm³/mol. The maximum absolute atomic E-state index is 12.6. The second-order valence-electron chi connectivity index (χ2n) is 7.66. The highest BCUT2D eigenvalue weighted by molar-refractivity contribution is 14.0. The lowest BCUT2D eigenvalue weighted by molar-refractivity contribution is -0.134. The molecular weight excluding hydrogens is 439 g/mol. The van der Waals surface area contributed by atoms with Crippen LogP contribution in [0, 0.1) is 5.92 Å². The SMILES string of the molecule is CCNC(=NCCC1=CCCC1)NC1CCN(C(=O)C2CCCC2)C1.I. The first kappa shape index (κ1) is 21.5. The molecule has 1 unspecified atom stereocenters. The Morgan fingerprint density at radius 1 is 1.27 bits per heavy atom. The van der Waals surface area contributed by atoms with Gasteiger partial charge in [-0.05, 0) is 51.9 Å². The molecule has 1 saturated heterocycles. The van der Waals surface area contributed by atoms with Crippen LogP contribution in [-0.4, -0.2) is 49.0 Å². The fraction of sp³-hybridized carbons (Fsp3) is 0.800. The number of carbonyl (C=O) groups is 1. The van der Waals surface area contributed by atoms with Crippen molar-refractivity contribution in [1.29, 1.82) is 0 Å². The molecule has 1 aliphatic heterocycles. The summed E-state index contributed by atoms with van der Waals surface area (Å²) in [4.78, 5) is 19.4. The third-order valence-corrected chi connectivity index (χ3v) is 5.73. The molecule has 2 fully saturated rings. The minimum atomic E-state index is 0. The lowest BCUT2D eigenvalue weighted by Crippen LogP contribution is -2.45. The van der Waals surface area contributed by atoms with Crippen LogP contribution in [0.2, 0.25) is 0 Å². The summed E-state index contributed by atoms with van der Waals surface area (Å²) in [7, 11) is 0. The van der Waals surface area contributed by atoms with Crippen molar-refractivity contribution in [2.24, 2.45) is 10.9 Å². The Hall–Kier alpha value is -0.790. The van der Waals surface area contributed by atoms with Crippen LogP contribution in [0.15, 0.2) is 16.6 Å². The predicted octanol–water partition coefficient (Wildman–Crippen LogP) is 3.45. The monoisotopic (exact) mass is 474 g/mol. The van der Waals surface area contributed by atoms with Gasteiger partial charge >= 0.3 is 0 Å². The Bertz CT molecular complexity index is 514. The molecule has 148 valence electrons. The highest BCUT2D eigenvalue weighted by Gasteiger charge is 2.32. The van der Waals surface area contributed by atoms with Gasteiger partial charge in [0.05, 0.1) is 0 Å². The summed E-state index contributed by atoms with van der Waals surface area (Å²) in [5, 5.41) is 6.89. The first-order chi connectivity index (χ1) is 12.3. The van der Waals surface area contributed by atoms with E-state index in [1.807, 2.05) is 0 Å². The molecule has 0 aromatic carbocycles. The van der Waals surface area contributed by atoms with Crippen LogP contribution in [0.1, 0.15) is 64.7 Å². The topological polar surface area (TPSA) is 56.7 Å². The molecule has 0 aromatic rings. The Morgan fingerprint density at radius 3 is 2.77 bits per heavy atom. The van der Waals surface area contributed by atoms with Crippen molar-refractivity contribution in [3.05, 3.63) is 11.6 Å². The van der Waals surface area contributed by atoms with Gasteiger partial charge in [0.2, 0.25) is 5.91 Å². The first-order valence-electron chi connectivity index (χ1n) is 10.3. The van der Waals surface area contributed by atoms with E-state index in [0.717, 1.165) is 57.8 Å². The van der Waals surface area contributed by atoms with E-state index in [4.69, 9.17) is 4.99 Å². The third-order valence-electron chi connectivity index (χ3n) is 5.73. The van der Waals surface area contributed by atoms with Crippen LogP contribution in [-0.2, 0) is 4.79 Å². The van der Waals surface area contributed by atoms with E-state index >= 15 is 0 Å². The fourth-order valence-corrected chi connectivity index (χ4v) is 4.30. The van der Waals surface area contributed by atoms with Crippen molar-refractivity contribution in [2.45, 2.75) is 70.8 Å². The maximum atomic E-state index is 12.6. The molecule has 1 amide bonds. The van der Waals surface area contributed by atoms with Gasteiger partial charge in [0.1, 0.15) is 0 Å². The van der Waals surface area contributed by atoms with E-state index in [0.29, 0.717) is 17.9 Å². The van der Waals surface area contributed by atoms with E-state index in [9.17, 15) is 4.79 Å². The largest absolute Gasteiger partial charge is 0.357 e. The number of nitrogens with one attached hydrogen (secondary N) is 2. The molecule has 0 spiro atoms. The van der Waals surface area contributed by atoms with E-state index in [-0.39, 0.29) is 24.0 Å². The standard InChI is InChI=1S/C20H34N4O.HI/c1-2-21-20(22-13-11-16-7-3-4-8-16)23-18-12-14-24(15-18)19(25)17-9-5-6-10-17;/h7,17-18H,2-6,8-15H2,1H3,(H2,21,22,23);1H. The molecule has 0 bridgehead atoms. The van der Waals surface area contributed by atoms with Crippen molar-refractivity contribution >= 4 is 35.8 Å². The number of rotatable bonds is 6. The number of carbonyl (C=O) groups excluding carboxylic acids is 1. The number of amides is 1. The molecule has 1 heterocycles. The zero-order valence-corrected chi connectivity index (χ0v) is 18.5. The van der Waals surface area contributed by atoms with Gasteiger partial charge in [-0.1, -0.05) is 24.5 Å². The molecule has 1 atom stereocenters. The van der Waals surface area contributed by atoms with E-state index in [1.165, 1.54) is 32.1 Å². The number of allylic oxidation sites excluding steroid dienone is 1. The zero-order chi connectivity index (χ0) is 17.5. The number of hydrogen-bond acceptors (Lipinski definition) is 2. The summed E-state index contributed by atoms with van der Waals surface area (Å²) in [6, 6.07) is 0.328. The van der Waals surface area contributed by atoms with Gasteiger partial charge in [0, 0.05) is 38.1 Å². The molecule has 6 heteroatoms. The van der Waals surface area contributed by atoms with E-state index in [1.54, 1.807) is 5.57 Å². The van der Waals surface area contributed by atoms with Gasteiger partial charge in [-0.15, -0.1) is 24.0 Å². The van der Waals surface area contributed by atoms with Gasteiger partial charge in [-0.2, -0.15) is 0 Å². The summed E-state index contributed by atoms with van der Waals surface area (Å²) in [6.07, 6.45) is 12.9. The summed E-state index contributed by atoms with van der Waals surface area (Å²) in [5.74, 6) is 1.58. The molecule has 2 aliphatic carbocycles. The highest BCUT2D eigenvalue weighted by atomic mass is 127. The van der Waals surface area contributed by atoms with Gasteiger partial charge in [0.15, 0.2) is 5.96 Å². The highest BCUT2D eigenvalue weighted by Crippen LogP contribution is 2.27. The van der Waals surface area contributed by atoms with Crippen molar-refractivity contribution in [1.82, 2.24) is 15.5 Å². The average Bonchev–Trinajstić information content (AvgIpc) is 3.37. The molecule has 1 saturated carbocycles. The Labute approximate surface area is 175 Å². The minimum absolute atomic E-state index is 0. The number of likely N-dealkylation sites (tertiary alicyclic amines) is 1. The summed E-state index contributed by atoms with van der Waals surface area (Å²) >= 11 is 0. The number of aliphatic imine (C=N–C) groups is 1. The van der Waals surface area contributed by atoms with Gasteiger partial charge in [0.25, 0.3) is 0 Å². The van der Waals surface area contributed by atoms with E-state index < -0.39 is 0 Å². The van der Waals surface area contributed by atoms with Gasteiger partial charge in [-0.25, -0.2) is 0 Å². The van der Waals surface area contributed by atoms with Gasteiger partial charge < -0.3 is 15.5 Å². The van der Waals surface area contributed by atoms with Crippen molar-refractivity contribution in [2.75, 3.05) is 26.2 Å². The number of hydrogen-bond donors (Lipinski definition) is 2. The summed E-state index contributed by atoms with van der Waals surface area (Å²) < 4.78 is 0. The summed E-state index contributed by atoms with van der Waals surface area (Å²) in [6.45, 7) is 5.52. The van der Waals surface area contributed by atoms with Crippen LogP contribution >= 0.6 is 24.0 Å². The van der Waals surface area contributed by atoms with Crippen LogP contribution in [0.25, 0.3) is 0 Å². The molecule has 26 heavy (non-hydrogen) atoms. The molecule has 3 aliphatic rings. The van der Waals surface area contributed by atoms with E-state index in [2.05, 4.69) is 28.5 Å². The van der Waals surface area contributed by atoms with Crippen LogP contribution in [0.5, 0.6) is 0 Å². The first-order valence-corrected chi connectivity index (χ1v) is 10.3. The molecular formula is C20H35IN4O. The van der Waals surface area contributed by atoms with Crippen molar-refractivity contribution in [3.8, 4) is 0 Å². The normalized spacial score (nSPS) is 23.7. The molecule has 3 rings (SSSR count). The third kappa shape index (κ3) is 6.13.